The van der Waals surface area contributed by atoms with E-state index in [0.29, 0.717) is 46.6 Å². The number of carbonyl (C=O) groups is 2. The first-order chi connectivity index (χ1) is 12.0. The zero-order valence-electron chi connectivity index (χ0n) is 13.8. The Morgan fingerprint density at radius 2 is 2.12 bits per heavy atom. The molecule has 1 saturated carbocycles. The number of carbonyl (C=O) groups excluding carboxylic acids is 2. The molecule has 1 aromatic heterocycles. The number of nitrogens with zero attached hydrogens (tertiary/aromatic N) is 2. The summed E-state index contributed by atoms with van der Waals surface area (Å²) in [5, 5.41) is 7.46. The third-order valence-corrected chi connectivity index (χ3v) is 5.03. The highest BCUT2D eigenvalue weighted by Crippen LogP contribution is 2.32. The fourth-order valence-electron chi connectivity index (χ4n) is 3.30. The number of rotatable bonds is 4. The van der Waals surface area contributed by atoms with Crippen molar-refractivity contribution in [1.82, 2.24) is 15.4 Å². The van der Waals surface area contributed by atoms with Gasteiger partial charge in [0.15, 0.2) is 0 Å². The molecule has 2 heterocycles. The van der Waals surface area contributed by atoms with Crippen LogP contribution in [0.4, 0.5) is 0 Å². The molecule has 6 nitrogen and oxygen atoms in total. The monoisotopic (exact) mass is 359 g/mol. The Morgan fingerprint density at radius 1 is 1.36 bits per heavy atom. The van der Waals surface area contributed by atoms with Gasteiger partial charge in [-0.2, -0.15) is 0 Å². The van der Waals surface area contributed by atoms with Crippen LogP contribution in [0.15, 0.2) is 28.8 Å². The molecule has 7 heteroatoms. The molecule has 2 aliphatic rings. The van der Waals surface area contributed by atoms with E-state index in [-0.39, 0.29) is 17.9 Å². The van der Waals surface area contributed by atoms with Crippen LogP contribution in [0, 0.1) is 6.92 Å². The van der Waals surface area contributed by atoms with Crippen LogP contribution in [0.1, 0.15) is 35.4 Å². The molecule has 2 fully saturated rings. The molecule has 1 aliphatic heterocycles. The molecule has 0 bridgehead atoms. The van der Waals surface area contributed by atoms with E-state index >= 15 is 0 Å². The third-order valence-electron chi connectivity index (χ3n) is 4.70. The van der Waals surface area contributed by atoms with Gasteiger partial charge in [-0.1, -0.05) is 35.0 Å². The van der Waals surface area contributed by atoms with Crippen molar-refractivity contribution in [3.05, 3.63) is 40.6 Å². The summed E-state index contributed by atoms with van der Waals surface area (Å²) < 4.78 is 5.23. The lowest BCUT2D eigenvalue weighted by atomic mass is 10.1. The van der Waals surface area contributed by atoms with Gasteiger partial charge in [0, 0.05) is 24.6 Å². The molecule has 1 saturated heterocycles. The zero-order chi connectivity index (χ0) is 17.6. The lowest BCUT2D eigenvalue weighted by Gasteiger charge is -2.16. The van der Waals surface area contributed by atoms with E-state index in [9.17, 15) is 9.59 Å². The Kier molecular flexibility index (Phi) is 4.00. The molecule has 130 valence electrons. The van der Waals surface area contributed by atoms with Crippen LogP contribution in [-0.2, 0) is 4.79 Å². The van der Waals surface area contributed by atoms with Gasteiger partial charge in [-0.05, 0) is 25.8 Å². The number of aryl methyl sites for hydroxylation is 1. The minimum absolute atomic E-state index is 0.112. The minimum atomic E-state index is -0.288. The Hall–Kier alpha value is -2.34. The van der Waals surface area contributed by atoms with Crippen LogP contribution < -0.4 is 5.32 Å². The summed E-state index contributed by atoms with van der Waals surface area (Å²) in [6, 6.07) is 7.36. The summed E-state index contributed by atoms with van der Waals surface area (Å²) in [5.74, 6) is 0.251. The topological polar surface area (TPSA) is 75.4 Å². The predicted octanol–water partition coefficient (Wildman–Crippen LogP) is 2.80. The first kappa shape index (κ1) is 16.1. The van der Waals surface area contributed by atoms with E-state index in [1.807, 2.05) is 17.0 Å². The molecule has 0 radical (unpaired) electrons. The molecule has 25 heavy (non-hydrogen) atoms. The van der Waals surface area contributed by atoms with Crippen molar-refractivity contribution in [2.24, 2.45) is 0 Å². The predicted molar refractivity (Wildman–Crippen MR) is 92.3 cm³/mol. The van der Waals surface area contributed by atoms with Gasteiger partial charge in [-0.15, -0.1) is 0 Å². The highest BCUT2D eigenvalue weighted by atomic mass is 35.5. The largest absolute Gasteiger partial charge is 0.360 e. The van der Waals surface area contributed by atoms with Crippen LogP contribution >= 0.6 is 11.6 Å². The summed E-state index contributed by atoms with van der Waals surface area (Å²) in [4.78, 5) is 26.7. The van der Waals surface area contributed by atoms with Crippen molar-refractivity contribution in [1.29, 1.82) is 0 Å². The van der Waals surface area contributed by atoms with E-state index in [2.05, 4.69) is 10.5 Å². The van der Waals surface area contributed by atoms with Crippen molar-refractivity contribution < 1.29 is 14.1 Å². The SMILES string of the molecule is Cc1onc(-c2ccccc2Cl)c1C(=O)N[C@@H]1CC(=O)N(C2CC2)C1. The fraction of sp³-hybridized carbons (Fsp3) is 0.389. The lowest BCUT2D eigenvalue weighted by molar-refractivity contribution is -0.128. The van der Waals surface area contributed by atoms with Gasteiger partial charge in [-0.25, -0.2) is 0 Å². The second kappa shape index (κ2) is 6.19. The zero-order valence-corrected chi connectivity index (χ0v) is 14.5. The van der Waals surface area contributed by atoms with E-state index in [1.165, 1.54) is 0 Å². The quantitative estimate of drug-likeness (QED) is 0.910. The van der Waals surface area contributed by atoms with E-state index < -0.39 is 0 Å². The van der Waals surface area contributed by atoms with Crippen molar-refractivity contribution in [3.63, 3.8) is 0 Å². The second-order valence-electron chi connectivity index (χ2n) is 6.59. The number of hydrogen-bond donors (Lipinski definition) is 1. The minimum Gasteiger partial charge on any atom is -0.360 e. The summed E-state index contributed by atoms with van der Waals surface area (Å²) in [7, 11) is 0. The average molecular weight is 360 g/mol. The van der Waals surface area contributed by atoms with E-state index in [0.717, 1.165) is 12.8 Å². The van der Waals surface area contributed by atoms with Crippen LogP contribution in [0.25, 0.3) is 11.3 Å². The molecule has 4 rings (SSSR count). The average Bonchev–Trinajstić information content (AvgIpc) is 3.25. The van der Waals surface area contributed by atoms with Gasteiger partial charge >= 0.3 is 0 Å². The van der Waals surface area contributed by atoms with E-state index in [4.69, 9.17) is 16.1 Å². The number of aromatic nitrogens is 1. The Bertz CT molecular complexity index is 844. The van der Waals surface area contributed by atoms with E-state index in [1.54, 1.807) is 19.1 Å². The highest BCUT2D eigenvalue weighted by molar-refractivity contribution is 6.33. The number of halogens is 1. The van der Waals surface area contributed by atoms with Gasteiger partial charge in [0.05, 0.1) is 11.1 Å². The van der Waals surface area contributed by atoms with Crippen molar-refractivity contribution in [2.45, 2.75) is 38.3 Å². The number of benzene rings is 1. The maximum atomic E-state index is 12.8. The van der Waals surface area contributed by atoms with Gasteiger partial charge in [0.25, 0.3) is 5.91 Å². The maximum Gasteiger partial charge on any atom is 0.257 e. The molecular weight excluding hydrogens is 342 g/mol. The molecule has 1 atom stereocenters. The number of amides is 2. The molecule has 0 spiro atoms. The van der Waals surface area contributed by atoms with Gasteiger partial charge in [0.1, 0.15) is 17.0 Å². The number of nitrogens with one attached hydrogen (secondary N) is 1. The molecule has 1 aliphatic carbocycles. The molecule has 1 N–H and O–H groups in total. The highest BCUT2D eigenvalue weighted by Gasteiger charge is 2.40. The number of hydrogen-bond acceptors (Lipinski definition) is 4. The van der Waals surface area contributed by atoms with Crippen LogP contribution in [0.5, 0.6) is 0 Å². The van der Waals surface area contributed by atoms with Gasteiger partial charge in [-0.3, -0.25) is 9.59 Å². The molecule has 0 unspecified atom stereocenters. The molecule has 2 amide bonds. The van der Waals surface area contributed by atoms with Crippen LogP contribution in [0.2, 0.25) is 5.02 Å². The van der Waals surface area contributed by atoms with Gasteiger partial charge < -0.3 is 14.7 Å². The summed E-state index contributed by atoms with van der Waals surface area (Å²) in [5.41, 5.74) is 1.43. The van der Waals surface area contributed by atoms with Crippen LogP contribution in [0.3, 0.4) is 0 Å². The Morgan fingerprint density at radius 3 is 2.84 bits per heavy atom. The number of likely N-dealkylation sites (tertiary alicyclic amines) is 1. The Labute approximate surface area is 150 Å². The lowest BCUT2D eigenvalue weighted by Crippen LogP contribution is -2.37. The summed E-state index contributed by atoms with van der Waals surface area (Å²) >= 11 is 6.23. The first-order valence-corrected chi connectivity index (χ1v) is 8.74. The maximum absolute atomic E-state index is 12.8. The Balaban J connectivity index is 1.56. The summed E-state index contributed by atoms with van der Waals surface area (Å²) in [6.45, 7) is 2.26. The standard InChI is InChI=1S/C18H18ClN3O3/c1-10-16(17(21-25-10)13-4-2-3-5-14(13)19)18(24)20-11-8-15(23)22(9-11)12-6-7-12/h2-5,11-12H,6-9H2,1H3,(H,20,24)/t11-/m1/s1. The molecular formula is C18H18ClN3O3. The second-order valence-corrected chi connectivity index (χ2v) is 7.00. The first-order valence-electron chi connectivity index (χ1n) is 8.36. The summed E-state index contributed by atoms with van der Waals surface area (Å²) in [6.07, 6.45) is 2.47. The van der Waals surface area contributed by atoms with Crippen molar-refractivity contribution in [3.8, 4) is 11.3 Å². The van der Waals surface area contributed by atoms with Crippen molar-refractivity contribution >= 4 is 23.4 Å². The molecule has 1 aromatic carbocycles. The van der Waals surface area contributed by atoms with Gasteiger partial charge in [0.2, 0.25) is 5.91 Å². The van der Waals surface area contributed by atoms with Crippen molar-refractivity contribution in [2.75, 3.05) is 6.54 Å². The van der Waals surface area contributed by atoms with Crippen LogP contribution in [-0.4, -0.2) is 40.5 Å². The fourth-order valence-corrected chi connectivity index (χ4v) is 3.53. The molecule has 2 aromatic rings. The smallest absolute Gasteiger partial charge is 0.257 e. The normalized spacial score (nSPS) is 20.2. The third kappa shape index (κ3) is 3.02.